The number of carboxylic acid groups (broad SMARTS) is 1. The number of nitriles is 1. The Bertz CT molecular complexity index is 577. The molecule has 1 aliphatic rings. The number of benzene rings is 1. The lowest BCUT2D eigenvalue weighted by Gasteiger charge is -2.35. The number of unbranched alkanes of at least 4 members (excludes halogenated alkanes) is 5. The van der Waals surface area contributed by atoms with Crippen LogP contribution in [0.4, 0.5) is 0 Å². The van der Waals surface area contributed by atoms with E-state index in [0.717, 1.165) is 32.1 Å². The maximum atomic E-state index is 11.0. The van der Waals surface area contributed by atoms with Crippen LogP contribution in [0.25, 0.3) is 0 Å². The van der Waals surface area contributed by atoms with Crippen molar-refractivity contribution in [1.29, 1.82) is 5.26 Å². The summed E-state index contributed by atoms with van der Waals surface area (Å²) in [6.07, 6.45) is 12.7. The van der Waals surface area contributed by atoms with Crippen molar-refractivity contribution >= 4 is 5.97 Å². The predicted octanol–water partition coefficient (Wildman–Crippen LogP) is 6.30. The maximum absolute atomic E-state index is 11.0. The average Bonchev–Trinajstić information content (AvgIpc) is 2.65. The van der Waals surface area contributed by atoms with Gasteiger partial charge in [0.2, 0.25) is 0 Å². The molecule has 0 amide bonds. The van der Waals surface area contributed by atoms with Gasteiger partial charge in [0, 0.05) is 0 Å². The highest BCUT2D eigenvalue weighted by Gasteiger charge is 2.35. The minimum Gasteiger partial charge on any atom is -0.478 e. The average molecular weight is 341 g/mol. The highest BCUT2D eigenvalue weighted by atomic mass is 16.4. The number of hydrogen-bond acceptors (Lipinski definition) is 2. The van der Waals surface area contributed by atoms with E-state index >= 15 is 0 Å². The van der Waals surface area contributed by atoms with E-state index in [1.165, 1.54) is 44.1 Å². The number of rotatable bonds is 9. The van der Waals surface area contributed by atoms with Crippen molar-refractivity contribution in [3.63, 3.8) is 0 Å². The molecule has 3 heteroatoms. The SMILES string of the molecule is CCCCCCCCC1(C#N)CCC(c2ccc(C(=O)O)cc2)CC1. The van der Waals surface area contributed by atoms with Crippen molar-refractivity contribution in [2.45, 2.75) is 83.5 Å². The van der Waals surface area contributed by atoms with Gasteiger partial charge in [0.15, 0.2) is 0 Å². The molecule has 0 heterocycles. The Morgan fingerprint density at radius 2 is 1.72 bits per heavy atom. The first-order chi connectivity index (χ1) is 12.1. The van der Waals surface area contributed by atoms with Gasteiger partial charge in [-0.1, -0.05) is 57.6 Å². The molecule has 2 rings (SSSR count). The Morgan fingerprint density at radius 3 is 2.28 bits per heavy atom. The van der Waals surface area contributed by atoms with Crippen molar-refractivity contribution in [3.05, 3.63) is 35.4 Å². The van der Waals surface area contributed by atoms with E-state index in [2.05, 4.69) is 13.0 Å². The van der Waals surface area contributed by atoms with Crippen LogP contribution >= 0.6 is 0 Å². The first kappa shape index (κ1) is 19.5. The summed E-state index contributed by atoms with van der Waals surface area (Å²) < 4.78 is 0. The van der Waals surface area contributed by atoms with Crippen molar-refractivity contribution < 1.29 is 9.90 Å². The molecule has 25 heavy (non-hydrogen) atoms. The van der Waals surface area contributed by atoms with Gasteiger partial charge in [-0.3, -0.25) is 0 Å². The quantitative estimate of drug-likeness (QED) is 0.536. The summed E-state index contributed by atoms with van der Waals surface area (Å²) in [5.41, 5.74) is 1.44. The van der Waals surface area contributed by atoms with Crippen LogP contribution in [0.1, 0.15) is 99.4 Å². The van der Waals surface area contributed by atoms with Gasteiger partial charge >= 0.3 is 5.97 Å². The van der Waals surface area contributed by atoms with Crippen LogP contribution in [0.2, 0.25) is 0 Å². The highest BCUT2D eigenvalue weighted by Crippen LogP contribution is 2.45. The molecule has 0 atom stereocenters. The Labute approximate surface area is 152 Å². The summed E-state index contributed by atoms with van der Waals surface area (Å²) in [7, 11) is 0. The smallest absolute Gasteiger partial charge is 0.335 e. The van der Waals surface area contributed by atoms with Crippen molar-refractivity contribution in [3.8, 4) is 6.07 Å². The topological polar surface area (TPSA) is 61.1 Å². The van der Waals surface area contributed by atoms with E-state index in [1.54, 1.807) is 12.1 Å². The van der Waals surface area contributed by atoms with Crippen molar-refractivity contribution in [2.24, 2.45) is 5.41 Å². The molecule has 0 aromatic heterocycles. The molecule has 0 radical (unpaired) electrons. The number of carboxylic acids is 1. The van der Waals surface area contributed by atoms with Crippen LogP contribution in [0.15, 0.2) is 24.3 Å². The first-order valence-electron chi connectivity index (χ1n) is 9.85. The molecule has 1 N–H and O–H groups in total. The van der Waals surface area contributed by atoms with Crippen LogP contribution in [-0.2, 0) is 0 Å². The lowest BCUT2D eigenvalue weighted by molar-refractivity contribution is 0.0697. The van der Waals surface area contributed by atoms with Crippen LogP contribution < -0.4 is 0 Å². The third-order valence-corrected chi connectivity index (χ3v) is 5.82. The fourth-order valence-corrected chi connectivity index (χ4v) is 4.06. The fourth-order valence-electron chi connectivity index (χ4n) is 4.06. The van der Waals surface area contributed by atoms with Gasteiger partial charge < -0.3 is 5.11 Å². The van der Waals surface area contributed by atoms with Gasteiger partial charge in [0.05, 0.1) is 17.0 Å². The molecule has 0 aliphatic heterocycles. The maximum Gasteiger partial charge on any atom is 0.335 e. The molecule has 0 unspecified atom stereocenters. The van der Waals surface area contributed by atoms with E-state index in [0.29, 0.717) is 11.5 Å². The van der Waals surface area contributed by atoms with Gasteiger partial charge in [-0.25, -0.2) is 4.79 Å². The third-order valence-electron chi connectivity index (χ3n) is 5.82. The fraction of sp³-hybridized carbons (Fsp3) is 0.636. The van der Waals surface area contributed by atoms with E-state index in [1.807, 2.05) is 12.1 Å². The zero-order valence-corrected chi connectivity index (χ0v) is 15.5. The predicted molar refractivity (Wildman–Crippen MR) is 101 cm³/mol. The van der Waals surface area contributed by atoms with E-state index in [-0.39, 0.29) is 5.41 Å². The monoisotopic (exact) mass is 341 g/mol. The van der Waals surface area contributed by atoms with Crippen molar-refractivity contribution in [2.75, 3.05) is 0 Å². The van der Waals surface area contributed by atoms with Crippen LogP contribution in [-0.4, -0.2) is 11.1 Å². The molecule has 1 saturated carbocycles. The number of hydrogen-bond donors (Lipinski definition) is 1. The Kier molecular flexibility index (Phi) is 7.50. The number of nitrogens with zero attached hydrogens (tertiary/aromatic N) is 1. The van der Waals surface area contributed by atoms with E-state index in [4.69, 9.17) is 5.11 Å². The molecular weight excluding hydrogens is 310 g/mol. The van der Waals surface area contributed by atoms with Crippen molar-refractivity contribution in [1.82, 2.24) is 0 Å². The molecule has 1 fully saturated rings. The minimum absolute atomic E-state index is 0.123. The molecule has 0 bridgehead atoms. The first-order valence-corrected chi connectivity index (χ1v) is 9.85. The summed E-state index contributed by atoms with van der Waals surface area (Å²) in [5, 5.41) is 18.7. The molecular formula is C22H31NO2. The Hall–Kier alpha value is -1.82. The highest BCUT2D eigenvalue weighted by molar-refractivity contribution is 5.87. The van der Waals surface area contributed by atoms with E-state index in [9.17, 15) is 10.1 Å². The summed E-state index contributed by atoms with van der Waals surface area (Å²) in [5.74, 6) is -0.411. The number of carbonyl (C=O) groups is 1. The lowest BCUT2D eigenvalue weighted by Crippen LogP contribution is -2.25. The summed E-state index contributed by atoms with van der Waals surface area (Å²) >= 11 is 0. The summed E-state index contributed by atoms with van der Waals surface area (Å²) in [4.78, 5) is 11.0. The second-order valence-electron chi connectivity index (χ2n) is 7.61. The van der Waals surface area contributed by atoms with Crippen LogP contribution in [0.5, 0.6) is 0 Å². The molecule has 136 valence electrons. The molecule has 3 nitrogen and oxygen atoms in total. The minimum atomic E-state index is -0.877. The van der Waals surface area contributed by atoms with Gasteiger partial charge in [-0.05, 0) is 55.7 Å². The zero-order valence-electron chi connectivity index (χ0n) is 15.5. The second kappa shape index (κ2) is 9.61. The molecule has 0 spiro atoms. The molecule has 1 aromatic carbocycles. The van der Waals surface area contributed by atoms with Crippen LogP contribution in [0, 0.1) is 16.7 Å². The van der Waals surface area contributed by atoms with Gasteiger partial charge in [-0.2, -0.15) is 5.26 Å². The third kappa shape index (κ3) is 5.59. The van der Waals surface area contributed by atoms with Crippen LogP contribution in [0.3, 0.4) is 0 Å². The number of aromatic carboxylic acids is 1. The molecule has 1 aliphatic carbocycles. The lowest BCUT2D eigenvalue weighted by atomic mass is 9.67. The van der Waals surface area contributed by atoms with E-state index < -0.39 is 5.97 Å². The Morgan fingerprint density at radius 1 is 1.12 bits per heavy atom. The van der Waals surface area contributed by atoms with Gasteiger partial charge in [-0.15, -0.1) is 0 Å². The van der Waals surface area contributed by atoms with Gasteiger partial charge in [0.1, 0.15) is 0 Å². The second-order valence-corrected chi connectivity index (χ2v) is 7.61. The van der Waals surface area contributed by atoms with Gasteiger partial charge in [0.25, 0.3) is 0 Å². The normalized spacial score (nSPS) is 23.1. The largest absolute Gasteiger partial charge is 0.478 e. The Balaban J connectivity index is 1.81. The zero-order chi connectivity index (χ0) is 18.1. The molecule has 1 aromatic rings. The molecule has 0 saturated heterocycles. The standard InChI is InChI=1S/C22H31NO2/c1-2-3-4-5-6-7-14-22(17-23)15-12-19(13-16-22)18-8-10-20(11-9-18)21(24)25/h8-11,19H,2-7,12-16H2,1H3,(H,24,25). The summed E-state index contributed by atoms with van der Waals surface area (Å²) in [6, 6.07) is 9.92. The summed E-state index contributed by atoms with van der Waals surface area (Å²) in [6.45, 7) is 2.23.